The number of thioether (sulfide) groups is 1. The maximum absolute atomic E-state index is 12.3. The molecule has 4 rings (SSSR count). The van der Waals surface area contributed by atoms with Crippen molar-refractivity contribution in [2.45, 2.75) is 44.3 Å². The van der Waals surface area contributed by atoms with Crippen molar-refractivity contribution < 1.29 is 4.79 Å². The number of carbonyl (C=O) groups is 1. The van der Waals surface area contributed by atoms with E-state index in [1.54, 1.807) is 11.8 Å². The van der Waals surface area contributed by atoms with Gasteiger partial charge in [0.1, 0.15) is 0 Å². The summed E-state index contributed by atoms with van der Waals surface area (Å²) in [6, 6.07) is 31.1. The van der Waals surface area contributed by atoms with Crippen molar-refractivity contribution in [2.24, 2.45) is 0 Å². The summed E-state index contributed by atoms with van der Waals surface area (Å²) in [7, 11) is 0. The number of imidazole rings is 1. The molecule has 0 atom stereocenters. The summed E-state index contributed by atoms with van der Waals surface area (Å²) in [6.07, 6.45) is 3.49. The number of rotatable bonds is 12. The monoisotopic (exact) mass is 483 g/mol. The largest absolute Gasteiger partial charge is 0.355 e. The number of amides is 1. The molecule has 1 N–H and O–H groups in total. The first-order valence-corrected chi connectivity index (χ1v) is 13.4. The molecule has 1 aromatic heterocycles. The number of aryl methyl sites for hydroxylation is 1. The lowest BCUT2D eigenvalue weighted by Gasteiger charge is -2.13. The topological polar surface area (TPSA) is 46.9 Å². The standard InChI is InChI=1S/C30H33N3OS/c1-2-3-22-33-29(26-17-11-6-12-18-26)28(25-15-9-5-10-16-25)32-30(33)35-23-21-31-27(34)20-19-24-13-7-4-8-14-24/h4-18H,2-3,19-23H2,1H3,(H,31,34). The molecule has 1 amide bonds. The van der Waals surface area contributed by atoms with Gasteiger partial charge in [0, 0.05) is 36.4 Å². The van der Waals surface area contributed by atoms with E-state index in [2.05, 4.69) is 83.5 Å². The van der Waals surface area contributed by atoms with Crippen LogP contribution in [0.5, 0.6) is 0 Å². The maximum Gasteiger partial charge on any atom is 0.220 e. The quantitative estimate of drug-likeness (QED) is 0.177. The molecule has 0 saturated carbocycles. The molecule has 0 radical (unpaired) electrons. The van der Waals surface area contributed by atoms with Crippen LogP contribution in [0.15, 0.2) is 96.2 Å². The zero-order chi connectivity index (χ0) is 24.3. The minimum atomic E-state index is 0.0960. The van der Waals surface area contributed by atoms with E-state index in [4.69, 9.17) is 4.98 Å². The van der Waals surface area contributed by atoms with Crippen LogP contribution in [0.25, 0.3) is 22.5 Å². The highest BCUT2D eigenvalue weighted by molar-refractivity contribution is 7.99. The van der Waals surface area contributed by atoms with Gasteiger partial charge < -0.3 is 9.88 Å². The van der Waals surface area contributed by atoms with Crippen molar-refractivity contribution in [2.75, 3.05) is 12.3 Å². The van der Waals surface area contributed by atoms with Crippen LogP contribution in [0.3, 0.4) is 0 Å². The first-order valence-electron chi connectivity index (χ1n) is 12.4. The Hall–Kier alpha value is -3.31. The zero-order valence-corrected chi connectivity index (χ0v) is 21.1. The Balaban J connectivity index is 1.47. The van der Waals surface area contributed by atoms with E-state index in [9.17, 15) is 4.79 Å². The van der Waals surface area contributed by atoms with Gasteiger partial charge in [-0.15, -0.1) is 0 Å². The van der Waals surface area contributed by atoms with Crippen LogP contribution < -0.4 is 5.32 Å². The van der Waals surface area contributed by atoms with Gasteiger partial charge in [-0.3, -0.25) is 4.79 Å². The first-order chi connectivity index (χ1) is 17.3. The van der Waals surface area contributed by atoms with Crippen LogP contribution in [-0.4, -0.2) is 27.8 Å². The van der Waals surface area contributed by atoms with Gasteiger partial charge in [-0.25, -0.2) is 4.98 Å². The molecular formula is C30H33N3OS. The molecule has 0 bridgehead atoms. The lowest BCUT2D eigenvalue weighted by atomic mass is 10.0. The van der Waals surface area contributed by atoms with E-state index in [1.165, 1.54) is 16.8 Å². The third-order valence-electron chi connectivity index (χ3n) is 5.90. The second-order valence-electron chi connectivity index (χ2n) is 8.51. The average Bonchev–Trinajstić information content (AvgIpc) is 3.28. The lowest BCUT2D eigenvalue weighted by Crippen LogP contribution is -2.26. The van der Waals surface area contributed by atoms with Crippen molar-refractivity contribution in [3.63, 3.8) is 0 Å². The van der Waals surface area contributed by atoms with Crippen molar-refractivity contribution in [3.8, 4) is 22.5 Å². The first kappa shape index (κ1) is 24.8. The predicted molar refractivity (Wildman–Crippen MR) is 147 cm³/mol. The van der Waals surface area contributed by atoms with Crippen molar-refractivity contribution >= 4 is 17.7 Å². The zero-order valence-electron chi connectivity index (χ0n) is 20.3. The second kappa shape index (κ2) is 13.0. The molecule has 0 saturated heterocycles. The van der Waals surface area contributed by atoms with Crippen molar-refractivity contribution in [1.29, 1.82) is 0 Å². The minimum absolute atomic E-state index is 0.0960. The highest BCUT2D eigenvalue weighted by Crippen LogP contribution is 2.36. The second-order valence-corrected chi connectivity index (χ2v) is 9.57. The summed E-state index contributed by atoms with van der Waals surface area (Å²) >= 11 is 1.72. The third-order valence-corrected chi connectivity index (χ3v) is 6.88. The van der Waals surface area contributed by atoms with Crippen LogP contribution in [0.4, 0.5) is 0 Å². The summed E-state index contributed by atoms with van der Waals surface area (Å²) in [5, 5.41) is 4.08. The maximum atomic E-state index is 12.3. The van der Waals surface area contributed by atoms with Gasteiger partial charge in [0.2, 0.25) is 5.91 Å². The fourth-order valence-corrected chi connectivity index (χ4v) is 4.96. The van der Waals surface area contributed by atoms with Gasteiger partial charge >= 0.3 is 0 Å². The van der Waals surface area contributed by atoms with Crippen LogP contribution >= 0.6 is 11.8 Å². The SMILES string of the molecule is CCCCn1c(SCCNC(=O)CCc2ccccc2)nc(-c2ccccc2)c1-c1ccccc1. The number of hydrogen-bond acceptors (Lipinski definition) is 3. The Morgan fingerprint density at radius 2 is 1.51 bits per heavy atom. The fourth-order valence-electron chi connectivity index (χ4n) is 4.08. The molecule has 1 heterocycles. The van der Waals surface area contributed by atoms with Crippen LogP contribution in [0.1, 0.15) is 31.7 Å². The van der Waals surface area contributed by atoms with Gasteiger partial charge in [-0.1, -0.05) is 116 Å². The molecule has 0 aliphatic rings. The lowest BCUT2D eigenvalue weighted by molar-refractivity contribution is -0.120. The molecule has 0 aliphatic heterocycles. The molecular weight excluding hydrogens is 450 g/mol. The average molecular weight is 484 g/mol. The molecule has 0 fully saturated rings. The molecule has 4 nitrogen and oxygen atoms in total. The Morgan fingerprint density at radius 3 is 2.17 bits per heavy atom. The summed E-state index contributed by atoms with van der Waals surface area (Å²) < 4.78 is 2.36. The number of hydrogen-bond donors (Lipinski definition) is 1. The van der Waals surface area contributed by atoms with E-state index >= 15 is 0 Å². The summed E-state index contributed by atoms with van der Waals surface area (Å²) in [5.74, 6) is 0.876. The van der Waals surface area contributed by atoms with E-state index < -0.39 is 0 Å². The van der Waals surface area contributed by atoms with Crippen molar-refractivity contribution in [1.82, 2.24) is 14.9 Å². The van der Waals surface area contributed by atoms with Crippen LogP contribution in [-0.2, 0) is 17.8 Å². The van der Waals surface area contributed by atoms with E-state index in [-0.39, 0.29) is 5.91 Å². The van der Waals surface area contributed by atoms with Crippen LogP contribution in [0, 0.1) is 0 Å². The highest BCUT2D eigenvalue weighted by atomic mass is 32.2. The Kier molecular flexibility index (Phi) is 9.18. The van der Waals surface area contributed by atoms with Gasteiger partial charge in [0.15, 0.2) is 5.16 Å². The molecule has 180 valence electrons. The summed E-state index contributed by atoms with van der Waals surface area (Å²) in [4.78, 5) is 17.4. The van der Waals surface area contributed by atoms with E-state index in [0.717, 1.165) is 48.0 Å². The number of aromatic nitrogens is 2. The number of benzene rings is 3. The Labute approximate surface area is 212 Å². The third kappa shape index (κ3) is 6.86. The van der Waals surface area contributed by atoms with Gasteiger partial charge in [0.25, 0.3) is 0 Å². The molecule has 0 spiro atoms. The van der Waals surface area contributed by atoms with E-state index in [1.807, 2.05) is 24.3 Å². The van der Waals surface area contributed by atoms with Gasteiger partial charge in [-0.05, 0) is 18.4 Å². The number of nitrogens with zero attached hydrogens (tertiary/aromatic N) is 2. The number of nitrogens with one attached hydrogen (secondary N) is 1. The van der Waals surface area contributed by atoms with Crippen LogP contribution in [0.2, 0.25) is 0 Å². The number of unbranched alkanes of at least 4 members (excludes halogenated alkanes) is 1. The Morgan fingerprint density at radius 1 is 0.886 bits per heavy atom. The molecule has 0 aliphatic carbocycles. The minimum Gasteiger partial charge on any atom is -0.355 e. The van der Waals surface area contributed by atoms with E-state index in [0.29, 0.717) is 13.0 Å². The molecule has 0 unspecified atom stereocenters. The fraction of sp³-hybridized carbons (Fsp3) is 0.267. The number of carbonyl (C=O) groups excluding carboxylic acids is 1. The molecule has 4 aromatic rings. The molecule has 35 heavy (non-hydrogen) atoms. The van der Waals surface area contributed by atoms with Gasteiger partial charge in [0.05, 0.1) is 11.4 Å². The predicted octanol–water partition coefficient (Wildman–Crippen LogP) is 6.86. The normalized spacial score (nSPS) is 10.9. The van der Waals surface area contributed by atoms with Gasteiger partial charge in [-0.2, -0.15) is 0 Å². The Bertz CT molecular complexity index is 1190. The highest BCUT2D eigenvalue weighted by Gasteiger charge is 2.20. The molecule has 5 heteroatoms. The van der Waals surface area contributed by atoms with Crippen molar-refractivity contribution in [3.05, 3.63) is 96.6 Å². The summed E-state index contributed by atoms with van der Waals surface area (Å²) in [5.41, 5.74) is 5.67. The summed E-state index contributed by atoms with van der Waals surface area (Å²) in [6.45, 7) is 3.77. The smallest absolute Gasteiger partial charge is 0.220 e. The molecule has 3 aromatic carbocycles.